The van der Waals surface area contributed by atoms with Crippen molar-refractivity contribution in [3.8, 4) is 0 Å². The number of aromatic nitrogens is 3. The zero-order chi connectivity index (χ0) is 17.6. The van der Waals surface area contributed by atoms with Gasteiger partial charge in [-0.2, -0.15) is 15.0 Å². The van der Waals surface area contributed by atoms with Crippen LogP contribution in [0.2, 0.25) is 0 Å². The van der Waals surface area contributed by atoms with Crippen LogP contribution in [0.1, 0.15) is 44.3 Å². The van der Waals surface area contributed by atoms with Crippen molar-refractivity contribution < 1.29 is 9.47 Å². The van der Waals surface area contributed by atoms with E-state index >= 15 is 0 Å². The van der Waals surface area contributed by atoms with Crippen LogP contribution < -0.4 is 9.80 Å². The van der Waals surface area contributed by atoms with Crippen LogP contribution >= 0.6 is 0 Å². The van der Waals surface area contributed by atoms with Crippen LogP contribution in [0, 0.1) is 0 Å². The standard InChI is InChI=1S/C19H27N5O2/c1-2-15-20-16(23-9-11-25-13-18(23)5-3-6-18)22-17(21-15)24-10-12-26-14-19(24)7-4-8-19/h2H,1,3-14H2. The Balaban J connectivity index is 1.53. The highest BCUT2D eigenvalue weighted by Gasteiger charge is 2.48. The van der Waals surface area contributed by atoms with E-state index in [1.165, 1.54) is 12.8 Å². The van der Waals surface area contributed by atoms with Crippen molar-refractivity contribution in [1.29, 1.82) is 0 Å². The molecule has 0 radical (unpaired) electrons. The Kier molecular flexibility index (Phi) is 3.90. The first-order chi connectivity index (χ1) is 12.7. The second-order valence-corrected chi connectivity index (χ2v) is 8.06. The highest BCUT2D eigenvalue weighted by molar-refractivity contribution is 5.50. The van der Waals surface area contributed by atoms with E-state index < -0.39 is 0 Å². The van der Waals surface area contributed by atoms with Crippen molar-refractivity contribution in [2.75, 3.05) is 49.3 Å². The average Bonchev–Trinajstić information content (AvgIpc) is 2.65. The molecule has 3 heterocycles. The molecule has 2 saturated carbocycles. The van der Waals surface area contributed by atoms with Crippen molar-refractivity contribution in [2.45, 2.75) is 49.6 Å². The summed E-state index contributed by atoms with van der Waals surface area (Å²) in [5.74, 6) is 2.23. The lowest BCUT2D eigenvalue weighted by Gasteiger charge is -2.54. The predicted molar refractivity (Wildman–Crippen MR) is 99.4 cm³/mol. The summed E-state index contributed by atoms with van der Waals surface area (Å²) in [7, 11) is 0. The largest absolute Gasteiger partial charge is 0.377 e. The molecular formula is C19H27N5O2. The molecule has 4 fully saturated rings. The zero-order valence-corrected chi connectivity index (χ0v) is 15.3. The molecule has 2 aliphatic heterocycles. The Labute approximate surface area is 154 Å². The van der Waals surface area contributed by atoms with E-state index in [0.717, 1.165) is 77.1 Å². The number of ether oxygens (including phenoxy) is 2. The van der Waals surface area contributed by atoms with Gasteiger partial charge in [0.25, 0.3) is 0 Å². The summed E-state index contributed by atoms with van der Waals surface area (Å²) in [6.07, 6.45) is 8.84. The van der Waals surface area contributed by atoms with E-state index in [9.17, 15) is 0 Å². The van der Waals surface area contributed by atoms with E-state index in [4.69, 9.17) is 24.4 Å². The van der Waals surface area contributed by atoms with Gasteiger partial charge in [0.1, 0.15) is 0 Å². The first kappa shape index (κ1) is 16.4. The van der Waals surface area contributed by atoms with Gasteiger partial charge in [0.2, 0.25) is 11.9 Å². The smallest absolute Gasteiger partial charge is 0.231 e. The molecule has 1 aromatic heterocycles. The predicted octanol–water partition coefficient (Wildman–Crippen LogP) is 2.03. The van der Waals surface area contributed by atoms with Crippen LogP contribution in [-0.4, -0.2) is 65.5 Å². The molecule has 0 bridgehead atoms. The maximum Gasteiger partial charge on any atom is 0.231 e. The third-order valence-electron chi connectivity index (χ3n) is 6.67. The van der Waals surface area contributed by atoms with Gasteiger partial charge < -0.3 is 19.3 Å². The van der Waals surface area contributed by atoms with Gasteiger partial charge in [-0.3, -0.25) is 0 Å². The van der Waals surface area contributed by atoms with Gasteiger partial charge in [-0.05, 0) is 44.6 Å². The van der Waals surface area contributed by atoms with Crippen LogP contribution in [0.4, 0.5) is 11.9 Å². The summed E-state index contributed by atoms with van der Waals surface area (Å²) in [5, 5.41) is 0. The molecule has 2 spiro atoms. The monoisotopic (exact) mass is 357 g/mol. The lowest BCUT2D eigenvalue weighted by molar-refractivity contribution is 0.0107. The van der Waals surface area contributed by atoms with Crippen molar-refractivity contribution in [3.05, 3.63) is 12.4 Å². The third-order valence-corrected chi connectivity index (χ3v) is 6.67. The molecular weight excluding hydrogens is 330 g/mol. The number of anilines is 2. The normalized spacial score (nSPS) is 26.5. The van der Waals surface area contributed by atoms with Gasteiger partial charge >= 0.3 is 0 Å². The van der Waals surface area contributed by atoms with Gasteiger partial charge in [0, 0.05) is 13.1 Å². The topological polar surface area (TPSA) is 63.6 Å². The fourth-order valence-electron chi connectivity index (χ4n) is 4.79. The first-order valence-electron chi connectivity index (χ1n) is 9.84. The van der Waals surface area contributed by atoms with E-state index in [-0.39, 0.29) is 11.1 Å². The van der Waals surface area contributed by atoms with Gasteiger partial charge in [0.05, 0.1) is 37.5 Å². The van der Waals surface area contributed by atoms with Gasteiger partial charge in [-0.1, -0.05) is 6.58 Å². The Morgan fingerprint density at radius 3 is 1.69 bits per heavy atom. The summed E-state index contributed by atoms with van der Waals surface area (Å²) >= 11 is 0. The van der Waals surface area contributed by atoms with Crippen molar-refractivity contribution >= 4 is 18.0 Å². The third kappa shape index (κ3) is 2.44. The molecule has 26 heavy (non-hydrogen) atoms. The minimum Gasteiger partial charge on any atom is -0.377 e. The molecule has 4 aliphatic rings. The number of morpholine rings is 2. The summed E-state index contributed by atoms with van der Waals surface area (Å²) in [6.45, 7) is 8.60. The number of nitrogens with zero attached hydrogens (tertiary/aromatic N) is 5. The van der Waals surface area contributed by atoms with Crippen molar-refractivity contribution in [3.63, 3.8) is 0 Å². The molecule has 0 unspecified atom stereocenters. The average molecular weight is 357 g/mol. The molecule has 7 heteroatoms. The minimum atomic E-state index is 0.0779. The minimum absolute atomic E-state index is 0.0779. The zero-order valence-electron chi connectivity index (χ0n) is 15.3. The molecule has 2 saturated heterocycles. The molecule has 0 amide bonds. The van der Waals surface area contributed by atoms with Gasteiger partial charge in [-0.15, -0.1) is 0 Å². The fraction of sp³-hybridized carbons (Fsp3) is 0.737. The molecule has 0 N–H and O–H groups in total. The van der Waals surface area contributed by atoms with Gasteiger partial charge in [-0.25, -0.2) is 0 Å². The highest BCUT2D eigenvalue weighted by Crippen LogP contribution is 2.43. The number of rotatable bonds is 3. The fourth-order valence-corrected chi connectivity index (χ4v) is 4.79. The molecule has 0 atom stereocenters. The quantitative estimate of drug-likeness (QED) is 0.820. The number of hydrogen-bond acceptors (Lipinski definition) is 7. The maximum absolute atomic E-state index is 5.78. The Bertz CT molecular complexity index is 649. The van der Waals surface area contributed by atoms with Crippen LogP contribution in [0.3, 0.4) is 0 Å². The summed E-state index contributed by atoms with van der Waals surface area (Å²) in [4.78, 5) is 19.1. The van der Waals surface area contributed by atoms with E-state index in [0.29, 0.717) is 5.82 Å². The van der Waals surface area contributed by atoms with Crippen molar-refractivity contribution in [2.24, 2.45) is 0 Å². The summed E-state index contributed by atoms with van der Waals surface area (Å²) in [6, 6.07) is 0. The van der Waals surface area contributed by atoms with Gasteiger partial charge in [0.15, 0.2) is 5.82 Å². The Morgan fingerprint density at radius 2 is 1.31 bits per heavy atom. The lowest BCUT2D eigenvalue weighted by atomic mass is 9.75. The Hall–Kier alpha value is -1.73. The van der Waals surface area contributed by atoms with Crippen LogP contribution in [-0.2, 0) is 9.47 Å². The highest BCUT2D eigenvalue weighted by atomic mass is 16.5. The number of hydrogen-bond donors (Lipinski definition) is 0. The van der Waals surface area contributed by atoms with E-state index in [1.54, 1.807) is 6.08 Å². The molecule has 0 aromatic carbocycles. The van der Waals surface area contributed by atoms with E-state index in [1.807, 2.05) is 0 Å². The molecule has 1 aromatic rings. The summed E-state index contributed by atoms with van der Waals surface area (Å²) < 4.78 is 11.6. The SMILES string of the molecule is C=Cc1nc(N2CCOCC23CCC3)nc(N2CCOCC23CCC3)n1. The summed E-state index contributed by atoms with van der Waals surface area (Å²) in [5.41, 5.74) is 0.156. The molecule has 5 rings (SSSR count). The Morgan fingerprint density at radius 1 is 0.808 bits per heavy atom. The van der Waals surface area contributed by atoms with Crippen LogP contribution in [0.15, 0.2) is 6.58 Å². The lowest BCUT2D eigenvalue weighted by Crippen LogP contribution is -2.63. The first-order valence-corrected chi connectivity index (χ1v) is 9.84. The van der Waals surface area contributed by atoms with E-state index in [2.05, 4.69) is 16.4 Å². The molecule has 140 valence electrons. The molecule has 2 aliphatic carbocycles. The molecule has 7 nitrogen and oxygen atoms in total. The maximum atomic E-state index is 5.78. The second-order valence-electron chi connectivity index (χ2n) is 8.06. The van der Waals surface area contributed by atoms with Crippen molar-refractivity contribution in [1.82, 2.24) is 15.0 Å². The van der Waals surface area contributed by atoms with Crippen LogP contribution in [0.5, 0.6) is 0 Å². The second kappa shape index (κ2) is 6.16. The van der Waals surface area contributed by atoms with Crippen LogP contribution in [0.25, 0.3) is 6.08 Å².